The average Bonchev–Trinajstić information content (AvgIpc) is 3.32. The number of phenolic OH excluding ortho intramolecular Hbond substituents is 1. The first kappa shape index (κ1) is 33.3. The molecule has 4 aromatic rings. The third-order valence-corrected chi connectivity index (χ3v) is 12.0. The van der Waals surface area contributed by atoms with Gasteiger partial charge >= 0.3 is 11.5 Å². The van der Waals surface area contributed by atoms with Crippen LogP contribution < -0.4 is 15.0 Å². The van der Waals surface area contributed by atoms with Crippen LogP contribution in [-0.2, 0) is 4.74 Å². The minimum absolute atomic E-state index is 0.0149. The van der Waals surface area contributed by atoms with Crippen molar-refractivity contribution < 1.29 is 40.9 Å². The molecule has 1 saturated carbocycles. The second-order valence-electron chi connectivity index (χ2n) is 14.9. The molecule has 5 heterocycles. The van der Waals surface area contributed by atoms with Gasteiger partial charge in [-0.1, -0.05) is 6.07 Å². The topological polar surface area (TPSA) is 83.0 Å². The lowest BCUT2D eigenvalue weighted by Gasteiger charge is -2.34. The molecule has 2 unspecified atom stereocenters. The van der Waals surface area contributed by atoms with Gasteiger partial charge in [-0.25, -0.2) is 13.2 Å². The van der Waals surface area contributed by atoms with Crippen molar-refractivity contribution in [2.24, 2.45) is 17.3 Å². The molecule has 1 aliphatic carbocycles. The SMILES string of the molecule is Oc1cc(-c2c(SC(F)(F)F)cc3c(N4CC5CCC(C4)N5)nc(OCC4(CN5C[C@H]6COC[C@@H]6C5)CC4)nc3c2F)c2c(F)c(F)ccc2c1. The molecule has 2 N–H and O–H groups in total. The van der Waals surface area contributed by atoms with Gasteiger partial charge in [0.25, 0.3) is 0 Å². The number of rotatable bonds is 8. The highest BCUT2D eigenvalue weighted by Crippen LogP contribution is 2.50. The van der Waals surface area contributed by atoms with Gasteiger partial charge in [-0.3, -0.25) is 0 Å². The van der Waals surface area contributed by atoms with Gasteiger partial charge in [-0.2, -0.15) is 23.1 Å². The summed E-state index contributed by atoms with van der Waals surface area (Å²) in [4.78, 5) is 13.0. The van der Waals surface area contributed by atoms with Crippen LogP contribution in [0.3, 0.4) is 0 Å². The van der Waals surface area contributed by atoms with Gasteiger partial charge in [0.2, 0.25) is 0 Å². The molecule has 0 radical (unpaired) electrons. The molecule has 9 rings (SSSR count). The Morgan fingerprint density at radius 3 is 2.37 bits per heavy atom. The number of hydrogen-bond acceptors (Lipinski definition) is 9. The van der Waals surface area contributed by atoms with E-state index in [9.17, 15) is 22.7 Å². The fraction of sp³-hybridized carbons (Fsp3) is 0.500. The van der Waals surface area contributed by atoms with Gasteiger partial charge in [0, 0.05) is 88.9 Å². The number of aromatic nitrogens is 2. The Balaban J connectivity index is 1.16. The van der Waals surface area contributed by atoms with Gasteiger partial charge in [0.1, 0.15) is 17.1 Å². The Bertz CT molecular complexity index is 2020. The largest absolute Gasteiger partial charge is 0.508 e. The van der Waals surface area contributed by atoms with Crippen LogP contribution in [0.15, 0.2) is 35.2 Å². The quantitative estimate of drug-likeness (QED) is 0.149. The van der Waals surface area contributed by atoms with Gasteiger partial charge in [0.05, 0.1) is 19.8 Å². The van der Waals surface area contributed by atoms with Crippen molar-refractivity contribution in [2.45, 2.75) is 48.2 Å². The zero-order valence-electron chi connectivity index (χ0n) is 27.4. The smallest absolute Gasteiger partial charge is 0.446 e. The van der Waals surface area contributed by atoms with Gasteiger partial charge in [-0.05, 0) is 67.1 Å². The van der Waals surface area contributed by atoms with E-state index in [0.717, 1.165) is 76.7 Å². The summed E-state index contributed by atoms with van der Waals surface area (Å²) in [6.07, 6.45) is 3.72. The van der Waals surface area contributed by atoms with Gasteiger partial charge < -0.3 is 29.7 Å². The normalized spacial score (nSPS) is 25.6. The fourth-order valence-corrected chi connectivity index (χ4v) is 9.34. The lowest BCUT2D eigenvalue weighted by Crippen LogP contribution is -2.51. The number of benzene rings is 3. The molecule has 1 aromatic heterocycles. The van der Waals surface area contributed by atoms with E-state index in [4.69, 9.17) is 14.5 Å². The highest BCUT2D eigenvalue weighted by molar-refractivity contribution is 8.00. The van der Waals surface area contributed by atoms with Crippen LogP contribution in [0, 0.1) is 34.7 Å². The van der Waals surface area contributed by atoms with E-state index in [2.05, 4.69) is 15.2 Å². The number of piperazine rings is 1. The van der Waals surface area contributed by atoms with Crippen LogP contribution in [0.4, 0.5) is 32.2 Å². The van der Waals surface area contributed by atoms with E-state index < -0.39 is 61.9 Å². The Morgan fingerprint density at radius 2 is 1.69 bits per heavy atom. The second kappa shape index (κ2) is 12.3. The Hall–Kier alpha value is -3.53. The molecular formula is C36H35F6N5O3S. The standard InChI is InChI=1S/C36H35F6N5O3S/c37-26-4-1-18-7-23(48)8-24(28(18)30(26)38)29-27(51-36(40,41)42)9-25-32(31(29)39)44-34(45-33(25)47-12-21-2-3-22(13-47)43-21)50-17-35(5-6-35)16-46-10-19-14-49-15-20(19)11-46/h1,4,7-9,19-22,43,48H,2-3,5-6,10-17H2/t19-,20-,21?,22?/m0/s1. The van der Waals surface area contributed by atoms with E-state index in [1.807, 2.05) is 4.90 Å². The summed E-state index contributed by atoms with van der Waals surface area (Å²) < 4.78 is 101. The van der Waals surface area contributed by atoms with Crippen LogP contribution in [0.25, 0.3) is 32.8 Å². The molecule has 3 aromatic carbocycles. The molecule has 15 heteroatoms. The number of hydrogen-bond donors (Lipinski definition) is 2. The number of halogens is 6. The molecule has 5 aliphatic rings. The van der Waals surface area contributed by atoms with Crippen molar-refractivity contribution >= 4 is 39.3 Å². The summed E-state index contributed by atoms with van der Waals surface area (Å²) in [6.45, 7) is 5.62. The van der Waals surface area contributed by atoms with Crippen molar-refractivity contribution in [3.8, 4) is 22.9 Å². The zero-order chi connectivity index (χ0) is 35.2. The number of fused-ring (bicyclic) bond motifs is 5. The molecule has 270 valence electrons. The zero-order valence-corrected chi connectivity index (χ0v) is 28.2. The first-order valence-corrected chi connectivity index (χ1v) is 18.1. The van der Waals surface area contributed by atoms with Crippen molar-refractivity contribution in [1.29, 1.82) is 0 Å². The molecule has 4 aliphatic heterocycles. The van der Waals surface area contributed by atoms with Crippen molar-refractivity contribution in [3.63, 3.8) is 0 Å². The number of likely N-dealkylation sites (tertiary alicyclic amines) is 1. The maximum absolute atomic E-state index is 17.2. The van der Waals surface area contributed by atoms with Crippen LogP contribution in [0.5, 0.6) is 11.8 Å². The van der Waals surface area contributed by atoms with E-state index in [0.29, 0.717) is 24.9 Å². The lowest BCUT2D eigenvalue weighted by molar-refractivity contribution is -0.0328. The summed E-state index contributed by atoms with van der Waals surface area (Å²) in [5, 5.41) is 13.6. The maximum Gasteiger partial charge on any atom is 0.446 e. The summed E-state index contributed by atoms with van der Waals surface area (Å²) in [5.74, 6) is -2.97. The molecule has 0 amide bonds. The molecule has 4 atom stereocenters. The van der Waals surface area contributed by atoms with E-state index in [1.165, 1.54) is 12.1 Å². The third-order valence-electron chi connectivity index (χ3n) is 11.2. The molecule has 4 saturated heterocycles. The second-order valence-corrected chi connectivity index (χ2v) is 16.0. The monoisotopic (exact) mass is 731 g/mol. The third kappa shape index (κ3) is 6.23. The number of anilines is 1. The molecule has 8 nitrogen and oxygen atoms in total. The lowest BCUT2D eigenvalue weighted by atomic mass is 9.95. The average molecular weight is 732 g/mol. The van der Waals surface area contributed by atoms with Crippen LogP contribution in [0.2, 0.25) is 0 Å². The highest BCUT2D eigenvalue weighted by atomic mass is 32.2. The van der Waals surface area contributed by atoms with Crippen molar-refractivity contribution in [2.75, 3.05) is 57.4 Å². The molecule has 0 spiro atoms. The number of ether oxygens (including phenoxy) is 2. The number of alkyl halides is 3. The number of thioether (sulfide) groups is 1. The van der Waals surface area contributed by atoms with Gasteiger partial charge in [0.15, 0.2) is 17.5 Å². The predicted octanol–water partition coefficient (Wildman–Crippen LogP) is 6.86. The Morgan fingerprint density at radius 1 is 0.961 bits per heavy atom. The first-order chi connectivity index (χ1) is 24.4. The molecule has 2 bridgehead atoms. The summed E-state index contributed by atoms with van der Waals surface area (Å²) >= 11 is -0.576. The van der Waals surface area contributed by atoms with Crippen molar-refractivity contribution in [1.82, 2.24) is 20.2 Å². The van der Waals surface area contributed by atoms with Crippen LogP contribution in [0.1, 0.15) is 25.7 Å². The highest BCUT2D eigenvalue weighted by Gasteiger charge is 2.48. The number of phenols is 1. The van der Waals surface area contributed by atoms with Crippen LogP contribution in [-0.4, -0.2) is 90.1 Å². The minimum atomic E-state index is -4.87. The van der Waals surface area contributed by atoms with E-state index in [1.54, 1.807) is 0 Å². The van der Waals surface area contributed by atoms with Gasteiger partial charge in [-0.15, -0.1) is 0 Å². The number of aromatic hydroxyl groups is 1. The molecular weight excluding hydrogens is 696 g/mol. The predicted molar refractivity (Wildman–Crippen MR) is 179 cm³/mol. The summed E-state index contributed by atoms with van der Waals surface area (Å²) in [6, 6.07) is 5.40. The van der Waals surface area contributed by atoms with E-state index in [-0.39, 0.29) is 52.2 Å². The number of nitrogens with one attached hydrogen (secondary N) is 1. The Labute approximate surface area is 293 Å². The first-order valence-electron chi connectivity index (χ1n) is 17.3. The van der Waals surface area contributed by atoms with Crippen molar-refractivity contribution in [3.05, 3.63) is 47.8 Å². The molecule has 5 fully saturated rings. The summed E-state index contributed by atoms with van der Waals surface area (Å²) in [7, 11) is 0. The minimum Gasteiger partial charge on any atom is -0.508 e. The maximum atomic E-state index is 17.2. The number of nitrogens with zero attached hydrogens (tertiary/aromatic N) is 4. The molecule has 51 heavy (non-hydrogen) atoms. The Kier molecular flexibility index (Phi) is 8.02. The fourth-order valence-electron chi connectivity index (χ4n) is 8.61. The van der Waals surface area contributed by atoms with Crippen LogP contribution >= 0.6 is 11.8 Å². The summed E-state index contributed by atoms with van der Waals surface area (Å²) in [5.41, 5.74) is -6.40. The van der Waals surface area contributed by atoms with E-state index >= 15 is 8.78 Å².